The molecule has 0 unspecified atom stereocenters. The van der Waals surface area contributed by atoms with Crippen molar-refractivity contribution in [2.45, 2.75) is 44.8 Å². The molecule has 30 heavy (non-hydrogen) atoms. The van der Waals surface area contributed by atoms with Gasteiger partial charge in [0, 0.05) is 12.1 Å². The molecule has 6 nitrogen and oxygen atoms in total. The second-order valence-electron chi connectivity index (χ2n) is 8.08. The molecule has 0 aliphatic carbocycles. The van der Waals surface area contributed by atoms with Gasteiger partial charge in [0.05, 0.1) is 24.6 Å². The fourth-order valence-corrected chi connectivity index (χ4v) is 3.61. The largest absolute Gasteiger partial charge is 0.493 e. The summed E-state index contributed by atoms with van der Waals surface area (Å²) in [7, 11) is 1.39. The van der Waals surface area contributed by atoms with Crippen LogP contribution >= 0.6 is 0 Å². The third-order valence-electron chi connectivity index (χ3n) is 5.45. The summed E-state index contributed by atoms with van der Waals surface area (Å²) >= 11 is 0. The summed E-state index contributed by atoms with van der Waals surface area (Å²) < 4.78 is 45.5. The number of aromatic nitrogens is 2. The number of ether oxygens (including phenoxy) is 1. The molecular weight excluding hydrogens is 397 g/mol. The SMILES string of the molecule is COc1cn(-c2cccc(C(F)(F)F)c2)nc1C(=O)NCC(C)(C)N1CCCCC1. The monoisotopic (exact) mass is 424 g/mol. The van der Waals surface area contributed by atoms with Crippen LogP contribution in [0.1, 0.15) is 49.2 Å². The second-order valence-corrected chi connectivity index (χ2v) is 8.08. The second kappa shape index (κ2) is 8.67. The Morgan fingerprint density at radius 1 is 1.20 bits per heavy atom. The average molecular weight is 424 g/mol. The number of amides is 1. The summed E-state index contributed by atoms with van der Waals surface area (Å²) in [5.41, 5.74) is -0.781. The molecule has 1 aliphatic rings. The van der Waals surface area contributed by atoms with Gasteiger partial charge in [-0.2, -0.15) is 18.3 Å². The van der Waals surface area contributed by atoms with E-state index < -0.39 is 17.6 Å². The Morgan fingerprint density at radius 3 is 2.53 bits per heavy atom. The van der Waals surface area contributed by atoms with Crippen LogP contribution < -0.4 is 10.1 Å². The fraction of sp³-hybridized carbons (Fsp3) is 0.524. The van der Waals surface area contributed by atoms with Gasteiger partial charge < -0.3 is 10.1 Å². The first-order valence-electron chi connectivity index (χ1n) is 9.96. The van der Waals surface area contributed by atoms with E-state index in [9.17, 15) is 18.0 Å². The molecule has 0 bridgehead atoms. The number of piperidine rings is 1. The van der Waals surface area contributed by atoms with Gasteiger partial charge in [-0.1, -0.05) is 12.5 Å². The van der Waals surface area contributed by atoms with Gasteiger partial charge in [0.25, 0.3) is 5.91 Å². The van der Waals surface area contributed by atoms with Crippen LogP contribution in [0.3, 0.4) is 0 Å². The summed E-state index contributed by atoms with van der Waals surface area (Å²) in [5.74, 6) is -0.233. The van der Waals surface area contributed by atoms with Crippen LogP contribution in [0, 0.1) is 0 Å². The summed E-state index contributed by atoms with van der Waals surface area (Å²) in [5, 5.41) is 7.08. The van der Waals surface area contributed by atoms with Crippen molar-refractivity contribution in [3.63, 3.8) is 0 Å². The molecule has 1 saturated heterocycles. The van der Waals surface area contributed by atoms with Crippen LogP contribution in [0.15, 0.2) is 30.5 Å². The first kappa shape index (κ1) is 22.1. The highest BCUT2D eigenvalue weighted by Crippen LogP contribution is 2.31. The molecule has 1 aromatic carbocycles. The standard InChI is InChI=1S/C21H27F3N4O2/c1-20(2,27-10-5-4-6-11-27)14-25-19(29)18-17(30-3)13-28(26-18)16-9-7-8-15(12-16)21(22,23)24/h7-9,12-13H,4-6,10-11,14H2,1-3H3,(H,25,29). The zero-order valence-electron chi connectivity index (χ0n) is 17.4. The van der Waals surface area contributed by atoms with E-state index in [1.54, 1.807) is 0 Å². The Kier molecular flexibility index (Phi) is 6.40. The van der Waals surface area contributed by atoms with Gasteiger partial charge in [-0.3, -0.25) is 9.69 Å². The highest BCUT2D eigenvalue weighted by Gasteiger charge is 2.31. The highest BCUT2D eigenvalue weighted by atomic mass is 19.4. The highest BCUT2D eigenvalue weighted by molar-refractivity contribution is 5.95. The molecule has 3 rings (SSSR count). The fourth-order valence-electron chi connectivity index (χ4n) is 3.61. The summed E-state index contributed by atoms with van der Waals surface area (Å²) in [6.07, 6.45) is 0.454. The normalized spacial score (nSPS) is 15.8. The van der Waals surface area contributed by atoms with E-state index in [-0.39, 0.29) is 22.7 Å². The van der Waals surface area contributed by atoms with E-state index in [1.807, 2.05) is 0 Å². The van der Waals surface area contributed by atoms with Crippen molar-refractivity contribution in [1.82, 2.24) is 20.0 Å². The number of likely N-dealkylation sites (tertiary alicyclic amines) is 1. The Morgan fingerprint density at radius 2 is 1.90 bits per heavy atom. The molecule has 1 N–H and O–H groups in total. The summed E-state index contributed by atoms with van der Waals surface area (Å²) in [4.78, 5) is 15.1. The molecule has 9 heteroatoms. The Labute approximate surface area is 174 Å². The van der Waals surface area contributed by atoms with E-state index in [4.69, 9.17) is 4.74 Å². The number of hydrogen-bond donors (Lipinski definition) is 1. The molecular formula is C21H27F3N4O2. The molecule has 1 amide bonds. The average Bonchev–Trinajstić information content (AvgIpc) is 3.17. The number of alkyl halides is 3. The van der Waals surface area contributed by atoms with Gasteiger partial charge in [-0.15, -0.1) is 0 Å². The lowest BCUT2D eigenvalue weighted by Crippen LogP contribution is -2.53. The molecule has 0 atom stereocenters. The molecule has 0 radical (unpaired) electrons. The van der Waals surface area contributed by atoms with Crippen molar-refractivity contribution >= 4 is 5.91 Å². The molecule has 0 spiro atoms. The summed E-state index contributed by atoms with van der Waals surface area (Å²) in [6.45, 7) is 6.58. The van der Waals surface area contributed by atoms with Gasteiger partial charge in [-0.25, -0.2) is 4.68 Å². The zero-order chi connectivity index (χ0) is 21.9. The Balaban J connectivity index is 1.76. The maximum atomic E-state index is 13.0. The lowest BCUT2D eigenvalue weighted by atomic mass is 9.98. The first-order valence-corrected chi connectivity index (χ1v) is 9.96. The van der Waals surface area contributed by atoms with Crippen LogP contribution in [0.2, 0.25) is 0 Å². The van der Waals surface area contributed by atoms with Crippen molar-refractivity contribution in [2.24, 2.45) is 0 Å². The minimum Gasteiger partial charge on any atom is -0.493 e. The minimum atomic E-state index is -4.46. The Hall–Kier alpha value is -2.55. The smallest absolute Gasteiger partial charge is 0.416 e. The van der Waals surface area contributed by atoms with Gasteiger partial charge in [-0.05, 0) is 58.0 Å². The lowest BCUT2D eigenvalue weighted by molar-refractivity contribution is -0.137. The van der Waals surface area contributed by atoms with Gasteiger partial charge >= 0.3 is 6.18 Å². The van der Waals surface area contributed by atoms with Crippen LogP contribution in [-0.4, -0.2) is 52.9 Å². The number of benzene rings is 1. The Bertz CT molecular complexity index is 887. The number of nitrogens with one attached hydrogen (secondary N) is 1. The van der Waals surface area contributed by atoms with Crippen LogP contribution in [0.5, 0.6) is 5.75 Å². The third kappa shape index (κ3) is 4.95. The van der Waals surface area contributed by atoms with E-state index in [1.165, 1.54) is 36.5 Å². The summed E-state index contributed by atoms with van der Waals surface area (Å²) in [6, 6.07) is 4.75. The number of halogens is 3. The van der Waals surface area contributed by atoms with Gasteiger partial charge in [0.15, 0.2) is 11.4 Å². The van der Waals surface area contributed by atoms with E-state index >= 15 is 0 Å². The quantitative estimate of drug-likeness (QED) is 0.764. The van der Waals surface area contributed by atoms with E-state index in [2.05, 4.69) is 29.2 Å². The first-order chi connectivity index (χ1) is 14.1. The van der Waals surface area contributed by atoms with Gasteiger partial charge in [0.1, 0.15) is 0 Å². The number of nitrogens with zero attached hydrogens (tertiary/aromatic N) is 3. The number of methoxy groups -OCH3 is 1. The van der Waals surface area contributed by atoms with Crippen molar-refractivity contribution in [2.75, 3.05) is 26.7 Å². The van der Waals surface area contributed by atoms with Crippen molar-refractivity contribution in [3.05, 3.63) is 41.7 Å². The van der Waals surface area contributed by atoms with Crippen molar-refractivity contribution in [1.29, 1.82) is 0 Å². The minimum absolute atomic E-state index is 0.0318. The number of hydrogen-bond acceptors (Lipinski definition) is 4. The van der Waals surface area contributed by atoms with Crippen molar-refractivity contribution in [3.8, 4) is 11.4 Å². The zero-order valence-corrected chi connectivity index (χ0v) is 17.4. The molecule has 2 aromatic rings. The van der Waals surface area contributed by atoms with Gasteiger partial charge in [0.2, 0.25) is 0 Å². The van der Waals surface area contributed by atoms with Crippen LogP contribution in [-0.2, 0) is 6.18 Å². The molecule has 2 heterocycles. The van der Waals surface area contributed by atoms with Crippen molar-refractivity contribution < 1.29 is 22.7 Å². The molecule has 1 fully saturated rings. The molecule has 164 valence electrons. The lowest BCUT2D eigenvalue weighted by Gasteiger charge is -2.41. The molecule has 0 saturated carbocycles. The maximum absolute atomic E-state index is 13.0. The van der Waals surface area contributed by atoms with Crippen LogP contribution in [0.25, 0.3) is 5.69 Å². The third-order valence-corrected chi connectivity index (χ3v) is 5.45. The number of carbonyl (C=O) groups excluding carboxylic acids is 1. The number of rotatable bonds is 6. The molecule has 1 aliphatic heterocycles. The van der Waals surface area contributed by atoms with Crippen LogP contribution in [0.4, 0.5) is 13.2 Å². The predicted molar refractivity (Wildman–Crippen MR) is 107 cm³/mol. The van der Waals surface area contributed by atoms with E-state index in [0.29, 0.717) is 6.54 Å². The maximum Gasteiger partial charge on any atom is 0.416 e. The number of carbonyl (C=O) groups is 1. The predicted octanol–water partition coefficient (Wildman–Crippen LogP) is 3.89. The topological polar surface area (TPSA) is 59.4 Å². The van der Waals surface area contributed by atoms with E-state index in [0.717, 1.165) is 38.1 Å². The molecule has 1 aromatic heterocycles.